The van der Waals surface area contributed by atoms with E-state index < -0.39 is 0 Å². The van der Waals surface area contributed by atoms with Gasteiger partial charge >= 0.3 is 0 Å². The third kappa shape index (κ3) is 2.54. The molecule has 0 radical (unpaired) electrons. The highest BCUT2D eigenvalue weighted by atomic mass is 15.3. The number of aromatic nitrogens is 2. The number of amidine groups is 1. The fourth-order valence-electron chi connectivity index (χ4n) is 2.12. The summed E-state index contributed by atoms with van der Waals surface area (Å²) in [6, 6.07) is 1.76. The monoisotopic (exact) mass is 233 g/mol. The van der Waals surface area contributed by atoms with Crippen LogP contribution in [0.3, 0.4) is 0 Å². The van der Waals surface area contributed by atoms with Gasteiger partial charge < -0.3 is 10.6 Å². The Balaban J connectivity index is 2.19. The lowest BCUT2D eigenvalue weighted by Gasteiger charge is -2.32. The zero-order chi connectivity index (χ0) is 12.3. The van der Waals surface area contributed by atoms with Crippen LogP contribution in [-0.2, 0) is 0 Å². The smallest absolute Gasteiger partial charge is 0.162 e. The van der Waals surface area contributed by atoms with Crippen molar-refractivity contribution in [2.75, 3.05) is 18.0 Å². The molecule has 0 bridgehead atoms. The number of anilines is 1. The number of nitrogen functional groups attached to an aromatic ring is 1. The zero-order valence-corrected chi connectivity index (χ0v) is 10.2. The normalized spacial score (nSPS) is 15.4. The Morgan fingerprint density at radius 3 is 2.88 bits per heavy atom. The van der Waals surface area contributed by atoms with E-state index >= 15 is 0 Å². The fourth-order valence-corrected chi connectivity index (χ4v) is 2.12. The van der Waals surface area contributed by atoms with E-state index in [1.807, 2.05) is 0 Å². The van der Waals surface area contributed by atoms with E-state index in [1.165, 1.54) is 19.3 Å². The molecule has 1 fully saturated rings. The molecule has 1 saturated carbocycles. The first-order chi connectivity index (χ1) is 8.22. The van der Waals surface area contributed by atoms with Crippen molar-refractivity contribution < 1.29 is 0 Å². The second-order valence-corrected chi connectivity index (χ2v) is 4.52. The summed E-state index contributed by atoms with van der Waals surface area (Å²) >= 11 is 0. The Hall–Kier alpha value is -1.65. The first kappa shape index (κ1) is 11.8. The molecular weight excluding hydrogens is 214 g/mol. The zero-order valence-electron chi connectivity index (χ0n) is 10.2. The molecule has 5 heteroatoms. The summed E-state index contributed by atoms with van der Waals surface area (Å²) in [5.41, 5.74) is 6.25. The van der Waals surface area contributed by atoms with Crippen molar-refractivity contribution in [3.63, 3.8) is 0 Å². The summed E-state index contributed by atoms with van der Waals surface area (Å²) in [6.07, 6.45) is 5.51. The van der Waals surface area contributed by atoms with E-state index in [1.54, 1.807) is 12.3 Å². The molecule has 0 unspecified atom stereocenters. The molecule has 0 aliphatic heterocycles. The van der Waals surface area contributed by atoms with Gasteiger partial charge in [0.05, 0.1) is 11.8 Å². The molecule has 1 aromatic heterocycles. The van der Waals surface area contributed by atoms with Gasteiger partial charge in [0.25, 0.3) is 0 Å². The minimum absolute atomic E-state index is 0.0574. The predicted octanol–water partition coefficient (Wildman–Crippen LogP) is 1.39. The lowest BCUT2D eigenvalue weighted by molar-refractivity contribution is 0.318. The summed E-state index contributed by atoms with van der Waals surface area (Å²) in [5.74, 6) is 1.56. The van der Waals surface area contributed by atoms with Crippen LogP contribution in [0, 0.1) is 11.3 Å². The largest absolute Gasteiger partial charge is 0.384 e. The van der Waals surface area contributed by atoms with Gasteiger partial charge in [-0.2, -0.15) is 5.10 Å². The standard InChI is InChI=1S/C12H19N5/c1-2-17(8-9-4-3-5-9)12-10(11(13)14)6-7-15-16-12/h6-7,9H,2-5,8H2,1H3,(H3,13,14). The van der Waals surface area contributed by atoms with Crippen LogP contribution in [0.2, 0.25) is 0 Å². The molecule has 1 aromatic rings. The quantitative estimate of drug-likeness (QED) is 0.595. The number of nitrogens with one attached hydrogen (secondary N) is 1. The average molecular weight is 233 g/mol. The molecule has 0 spiro atoms. The molecule has 3 N–H and O–H groups in total. The molecule has 0 saturated heterocycles. The van der Waals surface area contributed by atoms with E-state index in [9.17, 15) is 0 Å². The first-order valence-corrected chi connectivity index (χ1v) is 6.13. The highest BCUT2D eigenvalue weighted by Gasteiger charge is 2.22. The van der Waals surface area contributed by atoms with Crippen molar-refractivity contribution in [1.82, 2.24) is 10.2 Å². The van der Waals surface area contributed by atoms with Gasteiger partial charge in [0.1, 0.15) is 5.84 Å². The predicted molar refractivity (Wildman–Crippen MR) is 68.3 cm³/mol. The van der Waals surface area contributed by atoms with Gasteiger partial charge in [-0.15, -0.1) is 5.10 Å². The molecular formula is C12H19N5. The van der Waals surface area contributed by atoms with Crippen LogP contribution in [-0.4, -0.2) is 29.1 Å². The Labute approximate surface area is 102 Å². The average Bonchev–Trinajstić information content (AvgIpc) is 2.28. The van der Waals surface area contributed by atoms with Crippen LogP contribution in [0.1, 0.15) is 31.7 Å². The number of hydrogen-bond donors (Lipinski definition) is 2. The third-order valence-electron chi connectivity index (χ3n) is 3.38. The van der Waals surface area contributed by atoms with Crippen molar-refractivity contribution in [3.05, 3.63) is 17.8 Å². The topological polar surface area (TPSA) is 78.9 Å². The molecule has 92 valence electrons. The van der Waals surface area contributed by atoms with Crippen molar-refractivity contribution in [3.8, 4) is 0 Å². The minimum Gasteiger partial charge on any atom is -0.384 e. The van der Waals surface area contributed by atoms with E-state index in [4.69, 9.17) is 11.1 Å². The van der Waals surface area contributed by atoms with E-state index in [2.05, 4.69) is 22.0 Å². The van der Waals surface area contributed by atoms with Crippen LogP contribution < -0.4 is 10.6 Å². The maximum atomic E-state index is 7.57. The molecule has 1 heterocycles. The molecule has 2 rings (SSSR count). The Kier molecular flexibility index (Phi) is 3.56. The maximum Gasteiger partial charge on any atom is 0.162 e. The summed E-state index contributed by atoms with van der Waals surface area (Å²) in [4.78, 5) is 2.17. The lowest BCUT2D eigenvalue weighted by Crippen LogP contribution is -2.34. The van der Waals surface area contributed by atoms with Crippen molar-refractivity contribution in [1.29, 1.82) is 5.41 Å². The molecule has 1 aliphatic rings. The molecule has 1 aliphatic carbocycles. The van der Waals surface area contributed by atoms with Crippen molar-refractivity contribution in [2.45, 2.75) is 26.2 Å². The van der Waals surface area contributed by atoms with Crippen molar-refractivity contribution >= 4 is 11.7 Å². The Morgan fingerprint density at radius 1 is 1.59 bits per heavy atom. The van der Waals surface area contributed by atoms with Gasteiger partial charge in [-0.3, -0.25) is 5.41 Å². The lowest BCUT2D eigenvalue weighted by atomic mass is 9.85. The van der Waals surface area contributed by atoms with E-state index in [-0.39, 0.29) is 5.84 Å². The van der Waals surface area contributed by atoms with Gasteiger partial charge in [0, 0.05) is 13.1 Å². The number of nitrogens with two attached hydrogens (primary N) is 1. The maximum absolute atomic E-state index is 7.57. The molecule has 0 atom stereocenters. The van der Waals surface area contributed by atoms with Gasteiger partial charge in [-0.1, -0.05) is 6.42 Å². The molecule has 0 amide bonds. The highest BCUT2D eigenvalue weighted by Crippen LogP contribution is 2.29. The van der Waals surface area contributed by atoms with Gasteiger partial charge in [-0.25, -0.2) is 0 Å². The van der Waals surface area contributed by atoms with E-state index in [0.29, 0.717) is 5.56 Å². The van der Waals surface area contributed by atoms with Gasteiger partial charge in [0.15, 0.2) is 5.82 Å². The van der Waals surface area contributed by atoms with Crippen LogP contribution >= 0.6 is 0 Å². The van der Waals surface area contributed by atoms with Crippen LogP contribution in [0.4, 0.5) is 5.82 Å². The first-order valence-electron chi connectivity index (χ1n) is 6.13. The minimum atomic E-state index is 0.0574. The Bertz CT molecular complexity index is 400. The molecule has 17 heavy (non-hydrogen) atoms. The summed E-state index contributed by atoms with van der Waals surface area (Å²) in [5, 5.41) is 15.6. The molecule has 0 aromatic carbocycles. The Morgan fingerprint density at radius 2 is 2.35 bits per heavy atom. The fraction of sp³-hybridized carbons (Fsp3) is 0.583. The van der Waals surface area contributed by atoms with Crippen LogP contribution in [0.5, 0.6) is 0 Å². The second kappa shape index (κ2) is 5.12. The number of nitrogens with zero attached hydrogens (tertiary/aromatic N) is 3. The summed E-state index contributed by atoms with van der Waals surface area (Å²) in [7, 11) is 0. The van der Waals surface area contributed by atoms with E-state index in [0.717, 1.165) is 24.8 Å². The SMILES string of the molecule is CCN(CC1CCC1)c1nnccc1C(=N)N. The third-order valence-corrected chi connectivity index (χ3v) is 3.38. The summed E-state index contributed by atoms with van der Waals surface area (Å²) in [6.45, 7) is 3.96. The summed E-state index contributed by atoms with van der Waals surface area (Å²) < 4.78 is 0. The second-order valence-electron chi connectivity index (χ2n) is 4.52. The van der Waals surface area contributed by atoms with Gasteiger partial charge in [0.2, 0.25) is 0 Å². The van der Waals surface area contributed by atoms with Gasteiger partial charge in [-0.05, 0) is 31.7 Å². The highest BCUT2D eigenvalue weighted by molar-refractivity contribution is 5.99. The number of rotatable bonds is 5. The van der Waals surface area contributed by atoms with Crippen molar-refractivity contribution in [2.24, 2.45) is 11.7 Å². The van der Waals surface area contributed by atoms with Crippen LogP contribution in [0.25, 0.3) is 0 Å². The molecule has 5 nitrogen and oxygen atoms in total. The number of hydrogen-bond acceptors (Lipinski definition) is 4. The van der Waals surface area contributed by atoms with Crippen LogP contribution in [0.15, 0.2) is 12.3 Å².